The number of amides is 1. The van der Waals surface area contributed by atoms with Crippen LogP contribution in [0.2, 0.25) is 0 Å². The van der Waals surface area contributed by atoms with E-state index >= 15 is 0 Å². The molecule has 0 saturated heterocycles. The zero-order chi connectivity index (χ0) is 16.8. The maximum Gasteiger partial charge on any atom is 0.250 e. The summed E-state index contributed by atoms with van der Waals surface area (Å²) in [6, 6.07) is 11.6. The number of para-hydroxylation sites is 1. The van der Waals surface area contributed by atoms with E-state index in [2.05, 4.69) is 15.5 Å². The summed E-state index contributed by atoms with van der Waals surface area (Å²) in [6.07, 6.45) is 5.03. The molecule has 1 amide bonds. The lowest BCUT2D eigenvalue weighted by molar-refractivity contribution is -0.118. The number of rotatable bonds is 6. The highest BCUT2D eigenvalue weighted by molar-refractivity contribution is 8.01. The van der Waals surface area contributed by atoms with E-state index in [0.717, 1.165) is 25.9 Å². The third-order valence-corrected chi connectivity index (χ3v) is 5.15. The lowest BCUT2D eigenvalue weighted by Gasteiger charge is -1.97. The molecule has 0 aliphatic rings. The molecule has 5 nitrogen and oxygen atoms in total. The third kappa shape index (κ3) is 4.56. The summed E-state index contributed by atoms with van der Waals surface area (Å²) >= 11 is 2.99. The molecule has 0 saturated carbocycles. The van der Waals surface area contributed by atoms with Crippen LogP contribution in [0.5, 0.6) is 0 Å². The first kappa shape index (κ1) is 16.5. The van der Waals surface area contributed by atoms with Gasteiger partial charge in [0.2, 0.25) is 0 Å². The van der Waals surface area contributed by atoms with E-state index in [0.29, 0.717) is 0 Å². The van der Waals surface area contributed by atoms with Crippen LogP contribution in [-0.4, -0.2) is 22.9 Å². The smallest absolute Gasteiger partial charge is 0.250 e. The van der Waals surface area contributed by atoms with Gasteiger partial charge in [0.1, 0.15) is 5.76 Å². The zero-order valence-corrected chi connectivity index (χ0v) is 14.6. The topological polar surface area (TPSA) is 67.5 Å². The van der Waals surface area contributed by atoms with Crippen molar-refractivity contribution >= 4 is 51.5 Å². The number of thiazole rings is 1. The standard InChI is InChI=1S/C17H15N3O2S2/c1-12(9-13-5-4-8-22-13)10-18-20-16(21)11-23-17-19-14-6-2-3-7-15(14)24-17/h2-10H,11H2,1H3,(H,20,21)/b12-9-,18-10-. The van der Waals surface area contributed by atoms with E-state index < -0.39 is 0 Å². The van der Waals surface area contributed by atoms with Crippen LogP contribution in [-0.2, 0) is 4.79 Å². The second-order valence-corrected chi connectivity index (χ2v) is 7.19. The molecular formula is C17H15N3O2S2. The van der Waals surface area contributed by atoms with Gasteiger partial charge < -0.3 is 4.42 Å². The summed E-state index contributed by atoms with van der Waals surface area (Å²) in [5.74, 6) is 0.857. The number of fused-ring (bicyclic) bond motifs is 1. The number of carbonyl (C=O) groups excluding carboxylic acids is 1. The van der Waals surface area contributed by atoms with Gasteiger partial charge in [-0.1, -0.05) is 23.9 Å². The summed E-state index contributed by atoms with van der Waals surface area (Å²) in [4.78, 5) is 16.3. The molecule has 122 valence electrons. The second kappa shape index (κ2) is 7.94. The number of benzene rings is 1. The van der Waals surface area contributed by atoms with Crippen LogP contribution in [0.4, 0.5) is 0 Å². The monoisotopic (exact) mass is 357 g/mol. The number of hydrogen-bond acceptors (Lipinski definition) is 6. The van der Waals surface area contributed by atoms with Crippen LogP contribution < -0.4 is 5.43 Å². The van der Waals surface area contributed by atoms with Crippen LogP contribution in [0.3, 0.4) is 0 Å². The second-order valence-electron chi connectivity index (χ2n) is 4.93. The summed E-state index contributed by atoms with van der Waals surface area (Å²) < 4.78 is 7.21. The number of carbonyl (C=O) groups is 1. The fourth-order valence-electron chi connectivity index (χ4n) is 1.91. The van der Waals surface area contributed by atoms with Crippen LogP contribution in [0.1, 0.15) is 12.7 Å². The molecule has 3 rings (SSSR count). The maximum absolute atomic E-state index is 11.8. The van der Waals surface area contributed by atoms with Crippen LogP contribution >= 0.6 is 23.1 Å². The fourth-order valence-corrected chi connectivity index (χ4v) is 3.77. The number of hydrazone groups is 1. The average Bonchev–Trinajstić information content (AvgIpc) is 3.21. The quantitative estimate of drug-likeness (QED) is 0.408. The van der Waals surface area contributed by atoms with Gasteiger partial charge in [-0.2, -0.15) is 5.10 Å². The Bertz CT molecular complexity index is 849. The highest BCUT2D eigenvalue weighted by Crippen LogP contribution is 2.28. The van der Waals surface area contributed by atoms with Gasteiger partial charge in [-0.15, -0.1) is 11.3 Å². The van der Waals surface area contributed by atoms with E-state index in [-0.39, 0.29) is 11.7 Å². The molecule has 7 heteroatoms. The molecule has 0 aliphatic carbocycles. The molecule has 0 bridgehead atoms. The Labute approximate surface area is 147 Å². The molecule has 0 spiro atoms. The fraction of sp³-hybridized carbons (Fsp3) is 0.118. The van der Waals surface area contributed by atoms with Crippen molar-refractivity contribution in [2.75, 3.05) is 5.75 Å². The van der Waals surface area contributed by atoms with E-state index in [1.807, 2.05) is 49.4 Å². The Morgan fingerprint density at radius 3 is 3.04 bits per heavy atom. The molecule has 0 unspecified atom stereocenters. The Morgan fingerprint density at radius 1 is 1.38 bits per heavy atom. The van der Waals surface area contributed by atoms with Crippen molar-refractivity contribution in [1.82, 2.24) is 10.4 Å². The number of furan rings is 1. The van der Waals surface area contributed by atoms with E-state index in [9.17, 15) is 4.79 Å². The lowest BCUT2D eigenvalue weighted by atomic mass is 10.3. The van der Waals surface area contributed by atoms with Gasteiger partial charge >= 0.3 is 0 Å². The first-order valence-corrected chi connectivity index (χ1v) is 9.03. The van der Waals surface area contributed by atoms with Crippen molar-refractivity contribution in [2.45, 2.75) is 11.3 Å². The SMILES string of the molecule is CC(/C=N\NC(=O)CSc1nc2ccccc2s1)=C/c1ccco1. The van der Waals surface area contributed by atoms with E-state index in [1.165, 1.54) is 11.8 Å². The average molecular weight is 357 g/mol. The molecule has 2 aromatic heterocycles. The predicted molar refractivity (Wildman–Crippen MR) is 99.3 cm³/mol. The third-order valence-electron chi connectivity index (χ3n) is 2.97. The molecule has 1 aromatic carbocycles. The van der Waals surface area contributed by atoms with Gasteiger partial charge in [-0.05, 0) is 42.8 Å². The normalized spacial score (nSPS) is 12.1. The Morgan fingerprint density at radius 2 is 2.25 bits per heavy atom. The molecule has 1 N–H and O–H groups in total. The Kier molecular flexibility index (Phi) is 5.45. The summed E-state index contributed by atoms with van der Waals surface area (Å²) in [6.45, 7) is 1.88. The Hall–Kier alpha value is -2.38. The molecular weight excluding hydrogens is 342 g/mol. The number of nitrogens with zero attached hydrogens (tertiary/aromatic N) is 2. The van der Waals surface area contributed by atoms with Crippen LogP contribution in [0, 0.1) is 0 Å². The number of allylic oxidation sites excluding steroid dienone is 1. The number of aromatic nitrogens is 1. The largest absolute Gasteiger partial charge is 0.465 e. The minimum Gasteiger partial charge on any atom is -0.465 e. The minimum atomic E-state index is -0.165. The Balaban J connectivity index is 1.48. The van der Waals surface area contributed by atoms with Crippen molar-refractivity contribution < 1.29 is 9.21 Å². The molecule has 2 heterocycles. The van der Waals surface area contributed by atoms with Crippen LogP contribution in [0.15, 0.2) is 62.1 Å². The van der Waals surface area contributed by atoms with E-state index in [4.69, 9.17) is 4.42 Å². The number of thioether (sulfide) groups is 1. The molecule has 24 heavy (non-hydrogen) atoms. The van der Waals surface area contributed by atoms with Gasteiger partial charge in [0.25, 0.3) is 5.91 Å². The van der Waals surface area contributed by atoms with E-state index in [1.54, 1.807) is 23.8 Å². The molecule has 3 aromatic rings. The van der Waals surface area contributed by atoms with Crippen molar-refractivity contribution in [3.63, 3.8) is 0 Å². The number of nitrogens with one attached hydrogen (secondary N) is 1. The van der Waals surface area contributed by atoms with Gasteiger partial charge in [-0.25, -0.2) is 10.4 Å². The van der Waals surface area contributed by atoms with Crippen molar-refractivity contribution in [3.8, 4) is 0 Å². The van der Waals surface area contributed by atoms with Crippen molar-refractivity contribution in [2.24, 2.45) is 5.10 Å². The van der Waals surface area contributed by atoms with Crippen molar-refractivity contribution in [1.29, 1.82) is 0 Å². The van der Waals surface area contributed by atoms with Gasteiger partial charge in [0.05, 0.1) is 28.4 Å². The van der Waals surface area contributed by atoms with Crippen LogP contribution in [0.25, 0.3) is 16.3 Å². The summed E-state index contributed by atoms with van der Waals surface area (Å²) in [5, 5.41) is 3.94. The lowest BCUT2D eigenvalue weighted by Crippen LogP contribution is -2.19. The molecule has 0 atom stereocenters. The minimum absolute atomic E-state index is 0.165. The van der Waals surface area contributed by atoms with Crippen molar-refractivity contribution in [3.05, 3.63) is 54.0 Å². The molecule has 0 aliphatic heterocycles. The van der Waals surface area contributed by atoms with Gasteiger partial charge in [-0.3, -0.25) is 4.79 Å². The summed E-state index contributed by atoms with van der Waals surface area (Å²) in [7, 11) is 0. The zero-order valence-electron chi connectivity index (χ0n) is 12.9. The number of hydrogen-bond donors (Lipinski definition) is 1. The van der Waals surface area contributed by atoms with Gasteiger partial charge in [0.15, 0.2) is 4.34 Å². The molecule has 0 fully saturated rings. The maximum atomic E-state index is 11.8. The predicted octanol–water partition coefficient (Wildman–Crippen LogP) is 4.19. The molecule has 0 radical (unpaired) electrons. The summed E-state index contributed by atoms with van der Waals surface area (Å²) in [5.41, 5.74) is 4.35. The highest BCUT2D eigenvalue weighted by Gasteiger charge is 2.06. The first-order chi connectivity index (χ1) is 11.7. The van der Waals surface area contributed by atoms with Gasteiger partial charge in [0, 0.05) is 0 Å². The highest BCUT2D eigenvalue weighted by atomic mass is 32.2. The first-order valence-electron chi connectivity index (χ1n) is 7.23.